The Labute approximate surface area is 104 Å². The summed E-state index contributed by atoms with van der Waals surface area (Å²) in [4.78, 5) is 10.2. The van der Waals surface area contributed by atoms with Gasteiger partial charge in [-0.3, -0.25) is 0 Å². The van der Waals surface area contributed by atoms with Crippen molar-refractivity contribution in [2.24, 2.45) is 9.98 Å². The summed E-state index contributed by atoms with van der Waals surface area (Å²) in [5, 5.41) is 9.15. The molecule has 4 nitrogen and oxygen atoms in total. The first kappa shape index (κ1) is 15.1. The fourth-order valence-corrected chi connectivity index (χ4v) is 0.969. The maximum atomic E-state index is 9.15. The van der Waals surface area contributed by atoms with Crippen LogP contribution in [0.5, 0.6) is 0 Å². The highest BCUT2D eigenvalue weighted by Gasteiger charge is 2.05. The van der Waals surface area contributed by atoms with Crippen LogP contribution < -0.4 is 0 Å². The molecule has 0 heterocycles. The third-order valence-corrected chi connectivity index (χ3v) is 1.97. The minimum Gasteiger partial charge on any atom is -0.369 e. The highest BCUT2D eigenvalue weighted by atomic mass is 15.1. The Kier molecular flexibility index (Phi) is 7.36. The Morgan fingerprint density at radius 2 is 2.00 bits per heavy atom. The van der Waals surface area contributed by atoms with Crippen molar-refractivity contribution in [3.05, 3.63) is 23.0 Å². The second-order valence-corrected chi connectivity index (χ2v) is 3.71. The number of nitriles is 1. The van der Waals surface area contributed by atoms with Crippen molar-refractivity contribution in [3.63, 3.8) is 0 Å². The average Bonchev–Trinajstić information content (AvgIpc) is 2.31. The van der Waals surface area contributed by atoms with Gasteiger partial charge in [0.15, 0.2) is 5.82 Å². The highest BCUT2D eigenvalue weighted by Crippen LogP contribution is 2.15. The summed E-state index contributed by atoms with van der Waals surface area (Å²) < 4.78 is 0. The third kappa shape index (κ3) is 5.67. The number of rotatable bonds is 5. The van der Waals surface area contributed by atoms with E-state index in [4.69, 9.17) is 5.26 Å². The van der Waals surface area contributed by atoms with Crippen molar-refractivity contribution in [2.45, 2.75) is 27.2 Å². The van der Waals surface area contributed by atoms with Gasteiger partial charge in [-0.25, -0.2) is 9.98 Å². The molecule has 0 spiro atoms. The van der Waals surface area contributed by atoms with E-state index in [0.29, 0.717) is 11.4 Å². The Morgan fingerprint density at radius 3 is 2.41 bits per heavy atom. The largest absolute Gasteiger partial charge is 0.369 e. The van der Waals surface area contributed by atoms with E-state index >= 15 is 0 Å². The predicted octanol–water partition coefficient (Wildman–Crippen LogP) is 2.76. The summed E-state index contributed by atoms with van der Waals surface area (Å²) in [5.74, 6) is 0.457. The molecule has 0 aromatic heterocycles. The Balaban J connectivity index is 5.48. The van der Waals surface area contributed by atoms with Crippen molar-refractivity contribution in [2.75, 3.05) is 14.1 Å². The molecule has 0 aromatic rings. The molecule has 0 amide bonds. The van der Waals surface area contributed by atoms with E-state index < -0.39 is 0 Å². The monoisotopic (exact) mass is 232 g/mol. The fraction of sp³-hybridized carbons (Fsp3) is 0.462. The number of aliphatic imine (C=N–C) groups is 2. The summed E-state index contributed by atoms with van der Waals surface area (Å²) in [6, 6.07) is 2.15. The first-order valence-electron chi connectivity index (χ1n) is 5.57. The van der Waals surface area contributed by atoms with Crippen LogP contribution in [-0.2, 0) is 0 Å². The second kappa shape index (κ2) is 8.28. The van der Waals surface area contributed by atoms with Gasteiger partial charge in [0.2, 0.25) is 0 Å². The normalized spacial score (nSPS) is 14.0. The third-order valence-electron chi connectivity index (χ3n) is 1.97. The van der Waals surface area contributed by atoms with Crippen molar-refractivity contribution >= 4 is 12.6 Å². The topological polar surface area (TPSA) is 51.8 Å². The molecule has 0 saturated carbocycles. The molecule has 0 rings (SSSR count). The van der Waals surface area contributed by atoms with Gasteiger partial charge in [-0.05, 0) is 25.8 Å². The summed E-state index contributed by atoms with van der Waals surface area (Å²) in [6.07, 6.45) is 6.09. The van der Waals surface area contributed by atoms with Crippen LogP contribution in [0.4, 0.5) is 0 Å². The van der Waals surface area contributed by atoms with E-state index in [1.54, 1.807) is 17.5 Å². The lowest BCUT2D eigenvalue weighted by atomic mass is 10.1. The van der Waals surface area contributed by atoms with Crippen molar-refractivity contribution in [3.8, 4) is 6.07 Å². The molecule has 0 fully saturated rings. The molecule has 4 heteroatoms. The molecule has 0 aromatic carbocycles. The zero-order chi connectivity index (χ0) is 13.3. The molecule has 0 unspecified atom stereocenters. The van der Waals surface area contributed by atoms with Gasteiger partial charge in [0, 0.05) is 20.3 Å². The number of nitrogens with zero attached hydrogens (tertiary/aromatic N) is 4. The predicted molar refractivity (Wildman–Crippen MR) is 73.0 cm³/mol. The molecule has 0 aliphatic heterocycles. The number of hydrogen-bond donors (Lipinski definition) is 0. The summed E-state index contributed by atoms with van der Waals surface area (Å²) >= 11 is 0. The smallest absolute Gasteiger partial charge is 0.171 e. The maximum Gasteiger partial charge on any atom is 0.171 e. The van der Waals surface area contributed by atoms with Gasteiger partial charge in [-0.2, -0.15) is 5.26 Å². The molecule has 0 N–H and O–H groups in total. The molecule has 17 heavy (non-hydrogen) atoms. The fourth-order valence-electron chi connectivity index (χ4n) is 0.969. The van der Waals surface area contributed by atoms with E-state index in [2.05, 4.69) is 16.1 Å². The first-order valence-corrected chi connectivity index (χ1v) is 5.57. The standard InChI is InChI=1S/C13H20N4/c1-6-8-15-13(16-10-17(4)5)12(9-14)11(3)7-2/h7-8,10H,6H2,1-5H3/b11-7?,13-12+,15-8?,16-10?. The van der Waals surface area contributed by atoms with Gasteiger partial charge in [0.05, 0.1) is 11.9 Å². The lowest BCUT2D eigenvalue weighted by molar-refractivity contribution is 0.641. The van der Waals surface area contributed by atoms with Crippen molar-refractivity contribution in [1.29, 1.82) is 5.26 Å². The zero-order valence-electron chi connectivity index (χ0n) is 11.2. The van der Waals surface area contributed by atoms with Crippen LogP contribution in [0.1, 0.15) is 27.2 Å². The molecule has 0 atom stereocenters. The lowest BCUT2D eigenvalue weighted by Crippen LogP contribution is -2.08. The van der Waals surface area contributed by atoms with Gasteiger partial charge in [0.1, 0.15) is 6.07 Å². The molecule has 0 radical (unpaired) electrons. The van der Waals surface area contributed by atoms with E-state index in [9.17, 15) is 0 Å². The quantitative estimate of drug-likeness (QED) is 0.317. The minimum atomic E-state index is 0.457. The summed E-state index contributed by atoms with van der Waals surface area (Å²) in [6.45, 7) is 5.76. The van der Waals surface area contributed by atoms with Crippen LogP contribution >= 0.6 is 0 Å². The van der Waals surface area contributed by atoms with Gasteiger partial charge < -0.3 is 4.90 Å². The van der Waals surface area contributed by atoms with Crippen molar-refractivity contribution in [1.82, 2.24) is 4.90 Å². The van der Waals surface area contributed by atoms with Crippen LogP contribution in [0, 0.1) is 11.3 Å². The van der Waals surface area contributed by atoms with Gasteiger partial charge in [-0.15, -0.1) is 0 Å². The minimum absolute atomic E-state index is 0.457. The summed E-state index contributed by atoms with van der Waals surface area (Å²) in [5.41, 5.74) is 1.39. The molecule has 0 aliphatic rings. The maximum absolute atomic E-state index is 9.15. The number of hydrogen-bond acceptors (Lipinski definition) is 3. The Morgan fingerprint density at radius 1 is 1.35 bits per heavy atom. The van der Waals surface area contributed by atoms with Gasteiger partial charge in [0.25, 0.3) is 0 Å². The second-order valence-electron chi connectivity index (χ2n) is 3.71. The molecule has 0 bridgehead atoms. The van der Waals surface area contributed by atoms with Gasteiger partial charge >= 0.3 is 0 Å². The highest BCUT2D eigenvalue weighted by molar-refractivity contribution is 5.63. The summed E-state index contributed by atoms with van der Waals surface area (Å²) in [7, 11) is 3.75. The molecule has 92 valence electrons. The van der Waals surface area contributed by atoms with Crippen LogP contribution in [0.2, 0.25) is 0 Å². The van der Waals surface area contributed by atoms with E-state index in [-0.39, 0.29) is 0 Å². The SMILES string of the molecule is CC=C(C)/C(C#N)=C(\N=CCC)N=CN(C)C. The van der Waals surface area contributed by atoms with Gasteiger partial charge in [-0.1, -0.05) is 13.0 Å². The Bertz CT molecular complexity index is 392. The van der Waals surface area contributed by atoms with E-state index in [1.165, 1.54) is 0 Å². The average molecular weight is 232 g/mol. The van der Waals surface area contributed by atoms with Crippen molar-refractivity contribution < 1.29 is 0 Å². The molecule has 0 saturated heterocycles. The van der Waals surface area contributed by atoms with Crippen LogP contribution in [0.3, 0.4) is 0 Å². The molecular weight excluding hydrogens is 212 g/mol. The van der Waals surface area contributed by atoms with E-state index in [0.717, 1.165) is 12.0 Å². The molecule has 0 aliphatic carbocycles. The lowest BCUT2D eigenvalue weighted by Gasteiger charge is -2.04. The zero-order valence-corrected chi connectivity index (χ0v) is 11.2. The van der Waals surface area contributed by atoms with E-state index in [1.807, 2.05) is 40.9 Å². The number of allylic oxidation sites excluding steroid dienone is 3. The van der Waals surface area contributed by atoms with Crippen LogP contribution in [-0.4, -0.2) is 31.5 Å². The van der Waals surface area contributed by atoms with Crippen LogP contribution in [0.25, 0.3) is 0 Å². The first-order chi connectivity index (χ1) is 8.06. The Hall–Kier alpha value is -1.89. The van der Waals surface area contributed by atoms with Crippen LogP contribution in [0.15, 0.2) is 33.0 Å². The molecular formula is C13H20N4.